The van der Waals surface area contributed by atoms with Gasteiger partial charge in [0.25, 0.3) is 0 Å². The number of hydrogen-bond donors (Lipinski definition) is 1. The largest absolute Gasteiger partial charge is 0.318 e. The molecule has 0 amide bonds. The van der Waals surface area contributed by atoms with Crippen molar-refractivity contribution in [1.29, 1.82) is 0 Å². The van der Waals surface area contributed by atoms with Crippen LogP contribution in [-0.4, -0.2) is 4.98 Å². The highest BCUT2D eigenvalue weighted by atomic mass is 79.9. The Hall–Kier alpha value is -0.230. The van der Waals surface area contributed by atoms with Crippen LogP contribution >= 0.6 is 38.6 Å². The maximum absolute atomic E-state index is 6.28. The number of rotatable bonds is 2. The SMILES string of the molecule is NC(c1cc(Br)cs1)c1nc2c(s1)CCCC2. The Morgan fingerprint density at radius 3 is 2.88 bits per heavy atom. The van der Waals surface area contributed by atoms with Gasteiger partial charge >= 0.3 is 0 Å². The molecule has 2 nitrogen and oxygen atoms in total. The number of fused-ring (bicyclic) bond motifs is 1. The second kappa shape index (κ2) is 4.80. The average Bonchev–Trinajstić information content (AvgIpc) is 2.93. The number of aromatic nitrogens is 1. The van der Waals surface area contributed by atoms with Crippen LogP contribution in [0.4, 0.5) is 0 Å². The lowest BCUT2D eigenvalue weighted by atomic mass is 10.0. The average molecular weight is 329 g/mol. The van der Waals surface area contributed by atoms with Gasteiger partial charge in [0.1, 0.15) is 5.01 Å². The van der Waals surface area contributed by atoms with Crippen molar-refractivity contribution in [2.45, 2.75) is 31.7 Å². The van der Waals surface area contributed by atoms with Gasteiger partial charge in [0.15, 0.2) is 0 Å². The molecule has 5 heteroatoms. The van der Waals surface area contributed by atoms with Gasteiger partial charge in [-0.3, -0.25) is 0 Å². The van der Waals surface area contributed by atoms with Crippen LogP contribution < -0.4 is 5.73 Å². The highest BCUT2D eigenvalue weighted by Crippen LogP contribution is 2.34. The molecule has 0 aliphatic heterocycles. The summed E-state index contributed by atoms with van der Waals surface area (Å²) in [6.07, 6.45) is 4.89. The van der Waals surface area contributed by atoms with E-state index in [4.69, 9.17) is 10.7 Å². The zero-order chi connectivity index (χ0) is 11.8. The fourth-order valence-corrected chi connectivity index (χ4v) is 4.82. The molecule has 1 unspecified atom stereocenters. The number of nitrogens with two attached hydrogens (primary N) is 1. The molecule has 90 valence electrons. The summed E-state index contributed by atoms with van der Waals surface area (Å²) in [7, 11) is 0. The minimum Gasteiger partial charge on any atom is -0.318 e. The van der Waals surface area contributed by atoms with Crippen LogP contribution in [0, 0.1) is 0 Å². The smallest absolute Gasteiger partial charge is 0.115 e. The molecule has 2 aromatic heterocycles. The summed E-state index contributed by atoms with van der Waals surface area (Å²) in [6, 6.07) is 2.04. The van der Waals surface area contributed by atoms with Crippen molar-refractivity contribution in [3.8, 4) is 0 Å². The van der Waals surface area contributed by atoms with E-state index in [0.29, 0.717) is 0 Å². The number of aryl methyl sites for hydroxylation is 2. The number of nitrogens with zero attached hydrogens (tertiary/aromatic N) is 1. The fraction of sp³-hybridized carbons (Fsp3) is 0.417. The molecule has 2 N–H and O–H groups in total. The van der Waals surface area contributed by atoms with Crippen LogP contribution in [0.5, 0.6) is 0 Å². The summed E-state index contributed by atoms with van der Waals surface area (Å²) in [6.45, 7) is 0. The quantitative estimate of drug-likeness (QED) is 0.908. The molecule has 0 bridgehead atoms. The lowest BCUT2D eigenvalue weighted by molar-refractivity contribution is 0.679. The molecule has 0 radical (unpaired) electrons. The summed E-state index contributed by atoms with van der Waals surface area (Å²) < 4.78 is 1.11. The summed E-state index contributed by atoms with van der Waals surface area (Å²) >= 11 is 6.96. The first-order chi connectivity index (χ1) is 8.24. The van der Waals surface area contributed by atoms with Crippen LogP contribution in [0.25, 0.3) is 0 Å². The molecule has 17 heavy (non-hydrogen) atoms. The third kappa shape index (κ3) is 2.34. The highest BCUT2D eigenvalue weighted by Gasteiger charge is 2.20. The van der Waals surface area contributed by atoms with Crippen molar-refractivity contribution >= 4 is 38.6 Å². The summed E-state index contributed by atoms with van der Waals surface area (Å²) in [4.78, 5) is 7.36. The molecule has 3 rings (SSSR count). The first-order valence-electron chi connectivity index (χ1n) is 5.72. The third-order valence-electron chi connectivity index (χ3n) is 3.02. The molecule has 0 saturated heterocycles. The van der Waals surface area contributed by atoms with Crippen LogP contribution in [0.15, 0.2) is 15.9 Å². The molecule has 1 atom stereocenters. The van der Waals surface area contributed by atoms with Crippen molar-refractivity contribution in [2.24, 2.45) is 5.73 Å². The van der Waals surface area contributed by atoms with Crippen LogP contribution in [-0.2, 0) is 12.8 Å². The Labute approximate surface area is 117 Å². The topological polar surface area (TPSA) is 38.9 Å². The molecule has 0 saturated carbocycles. The predicted octanol–water partition coefficient (Wildman–Crippen LogP) is 3.89. The second-order valence-electron chi connectivity index (χ2n) is 4.27. The summed E-state index contributed by atoms with van der Waals surface area (Å²) in [5.41, 5.74) is 7.57. The normalized spacial score (nSPS) is 16.8. The minimum atomic E-state index is -0.0538. The van der Waals surface area contributed by atoms with Gasteiger partial charge in [0, 0.05) is 19.6 Å². The van der Waals surface area contributed by atoms with E-state index in [1.165, 1.54) is 34.7 Å². The standard InChI is InChI=1S/C12H13BrN2S2/c13-7-5-10(16-6-7)11(14)12-15-8-3-1-2-4-9(8)17-12/h5-6,11H,1-4,14H2. The van der Waals surface area contributed by atoms with Crippen molar-refractivity contribution in [3.63, 3.8) is 0 Å². The maximum Gasteiger partial charge on any atom is 0.115 e. The van der Waals surface area contributed by atoms with E-state index in [-0.39, 0.29) is 6.04 Å². The van der Waals surface area contributed by atoms with E-state index in [1.54, 1.807) is 22.7 Å². The first-order valence-corrected chi connectivity index (χ1v) is 8.21. The Bertz CT molecular complexity index is 509. The van der Waals surface area contributed by atoms with Crippen molar-refractivity contribution in [2.75, 3.05) is 0 Å². The van der Waals surface area contributed by atoms with Crippen molar-refractivity contribution in [3.05, 3.63) is 36.4 Å². The predicted molar refractivity (Wildman–Crippen MR) is 76.8 cm³/mol. The van der Waals surface area contributed by atoms with E-state index in [0.717, 1.165) is 15.9 Å². The maximum atomic E-state index is 6.28. The van der Waals surface area contributed by atoms with E-state index in [2.05, 4.69) is 27.4 Å². The number of thiophene rings is 1. The zero-order valence-corrected chi connectivity index (χ0v) is 12.5. The number of thiazole rings is 1. The zero-order valence-electron chi connectivity index (χ0n) is 9.28. The molecule has 0 fully saturated rings. The van der Waals surface area contributed by atoms with Crippen LogP contribution in [0.2, 0.25) is 0 Å². The summed E-state index contributed by atoms with van der Waals surface area (Å²) in [5, 5.41) is 3.15. The molecule has 1 aliphatic carbocycles. The lowest BCUT2D eigenvalue weighted by Gasteiger charge is -2.06. The Morgan fingerprint density at radius 2 is 2.18 bits per heavy atom. The molecule has 2 aromatic rings. The number of halogens is 1. The second-order valence-corrected chi connectivity index (χ2v) is 7.25. The van der Waals surface area contributed by atoms with E-state index in [1.807, 2.05) is 0 Å². The van der Waals surface area contributed by atoms with Crippen molar-refractivity contribution in [1.82, 2.24) is 4.98 Å². The molecular formula is C12H13BrN2S2. The van der Waals surface area contributed by atoms with Gasteiger partial charge in [-0.2, -0.15) is 0 Å². The molecule has 1 aliphatic rings. The van der Waals surface area contributed by atoms with Gasteiger partial charge < -0.3 is 5.73 Å². The Kier molecular flexibility index (Phi) is 3.34. The lowest BCUT2D eigenvalue weighted by Crippen LogP contribution is -2.09. The Balaban J connectivity index is 1.91. The van der Waals surface area contributed by atoms with Crippen molar-refractivity contribution < 1.29 is 0 Å². The number of hydrogen-bond acceptors (Lipinski definition) is 4. The monoisotopic (exact) mass is 328 g/mol. The summed E-state index contributed by atoms with van der Waals surface area (Å²) in [5.74, 6) is 0. The van der Waals surface area contributed by atoms with Gasteiger partial charge in [-0.15, -0.1) is 22.7 Å². The minimum absolute atomic E-state index is 0.0538. The fourth-order valence-electron chi connectivity index (χ4n) is 2.12. The molecular weight excluding hydrogens is 316 g/mol. The van der Waals surface area contributed by atoms with Gasteiger partial charge in [-0.05, 0) is 47.7 Å². The highest BCUT2D eigenvalue weighted by molar-refractivity contribution is 9.10. The molecule has 0 aromatic carbocycles. The van der Waals surface area contributed by atoms with Gasteiger partial charge in [0.05, 0.1) is 11.7 Å². The van der Waals surface area contributed by atoms with E-state index >= 15 is 0 Å². The van der Waals surface area contributed by atoms with Gasteiger partial charge in [0.2, 0.25) is 0 Å². The van der Waals surface area contributed by atoms with Gasteiger partial charge in [-0.1, -0.05) is 0 Å². The third-order valence-corrected chi connectivity index (χ3v) is 6.04. The van der Waals surface area contributed by atoms with Gasteiger partial charge in [-0.25, -0.2) is 4.98 Å². The van der Waals surface area contributed by atoms with E-state index in [9.17, 15) is 0 Å². The first kappa shape index (κ1) is 11.8. The Morgan fingerprint density at radius 1 is 1.35 bits per heavy atom. The molecule has 0 spiro atoms. The van der Waals surface area contributed by atoms with Crippen LogP contribution in [0.3, 0.4) is 0 Å². The molecule has 2 heterocycles. The van der Waals surface area contributed by atoms with Crippen LogP contribution in [0.1, 0.15) is 39.3 Å². The van der Waals surface area contributed by atoms with E-state index < -0.39 is 0 Å².